The first kappa shape index (κ1) is 14.8. The maximum atomic E-state index is 2.36. The predicted molar refractivity (Wildman–Crippen MR) is 89.5 cm³/mol. The van der Waals surface area contributed by atoms with Crippen LogP contribution in [0.15, 0.2) is 36.4 Å². The second kappa shape index (κ2) is 5.83. The average molecular weight is 266 g/mol. The predicted octanol–water partition coefficient (Wildman–Crippen LogP) is 6.22. The third-order valence-electron chi connectivity index (χ3n) is 3.87. The van der Waals surface area contributed by atoms with Gasteiger partial charge >= 0.3 is 0 Å². The van der Waals surface area contributed by atoms with Crippen molar-refractivity contribution in [3.8, 4) is 11.1 Å². The van der Waals surface area contributed by atoms with Crippen LogP contribution in [0.5, 0.6) is 0 Å². The zero-order valence-electron chi connectivity index (χ0n) is 13.6. The second-order valence-corrected chi connectivity index (χ2v) is 6.57. The molecule has 0 saturated heterocycles. The Kier molecular flexibility index (Phi) is 4.32. The highest BCUT2D eigenvalue weighted by molar-refractivity contribution is 5.67. The normalized spacial score (nSPS) is 11.4. The van der Waals surface area contributed by atoms with Crippen LogP contribution in [0, 0.1) is 13.8 Å². The molecular formula is C20H26. The van der Waals surface area contributed by atoms with E-state index in [9.17, 15) is 0 Å². The van der Waals surface area contributed by atoms with E-state index < -0.39 is 0 Å². The summed E-state index contributed by atoms with van der Waals surface area (Å²) >= 11 is 0. The van der Waals surface area contributed by atoms with Crippen molar-refractivity contribution < 1.29 is 0 Å². The third-order valence-corrected chi connectivity index (χ3v) is 3.87. The Labute approximate surface area is 123 Å². The monoisotopic (exact) mass is 266 g/mol. The van der Waals surface area contributed by atoms with E-state index in [2.05, 4.69) is 77.9 Å². The Morgan fingerprint density at radius 3 is 1.35 bits per heavy atom. The van der Waals surface area contributed by atoms with E-state index in [1.807, 2.05) is 0 Å². The van der Waals surface area contributed by atoms with Gasteiger partial charge in [-0.25, -0.2) is 0 Å². The van der Waals surface area contributed by atoms with Crippen LogP contribution < -0.4 is 0 Å². The highest BCUT2D eigenvalue weighted by Gasteiger charge is 2.09. The Morgan fingerprint density at radius 2 is 0.950 bits per heavy atom. The smallest absolute Gasteiger partial charge is 0.0178 e. The molecular weight excluding hydrogens is 240 g/mol. The van der Waals surface area contributed by atoms with Crippen molar-refractivity contribution in [2.75, 3.05) is 0 Å². The van der Waals surface area contributed by atoms with Crippen molar-refractivity contribution in [2.24, 2.45) is 0 Å². The molecule has 0 unspecified atom stereocenters. The van der Waals surface area contributed by atoms with Gasteiger partial charge < -0.3 is 0 Å². The van der Waals surface area contributed by atoms with Crippen LogP contribution in [0.4, 0.5) is 0 Å². The summed E-state index contributed by atoms with van der Waals surface area (Å²) in [6.07, 6.45) is 0. The van der Waals surface area contributed by atoms with E-state index in [0.717, 1.165) is 0 Å². The van der Waals surface area contributed by atoms with E-state index >= 15 is 0 Å². The molecule has 106 valence electrons. The molecule has 0 saturated carbocycles. The first-order valence-electron chi connectivity index (χ1n) is 7.60. The molecule has 0 aliphatic heterocycles. The Bertz CT molecular complexity index is 557. The molecule has 0 radical (unpaired) electrons. The summed E-state index contributed by atoms with van der Waals surface area (Å²) < 4.78 is 0. The minimum Gasteiger partial charge on any atom is -0.0587 e. The van der Waals surface area contributed by atoms with Gasteiger partial charge in [-0.3, -0.25) is 0 Å². The molecule has 0 fully saturated rings. The highest BCUT2D eigenvalue weighted by Crippen LogP contribution is 2.30. The van der Waals surface area contributed by atoms with Gasteiger partial charge in [0.15, 0.2) is 0 Å². The number of benzene rings is 2. The molecule has 0 aromatic heterocycles. The molecule has 0 N–H and O–H groups in total. The van der Waals surface area contributed by atoms with Gasteiger partial charge in [-0.05, 0) is 47.9 Å². The van der Waals surface area contributed by atoms with Crippen molar-refractivity contribution >= 4 is 0 Å². The van der Waals surface area contributed by atoms with Gasteiger partial charge in [0.05, 0.1) is 0 Å². The average Bonchev–Trinajstić information content (AvgIpc) is 2.36. The van der Waals surface area contributed by atoms with E-state index in [4.69, 9.17) is 0 Å². The van der Waals surface area contributed by atoms with Gasteiger partial charge in [-0.1, -0.05) is 75.2 Å². The molecule has 0 spiro atoms. The number of hydrogen-bond donors (Lipinski definition) is 0. The fraction of sp³-hybridized carbons (Fsp3) is 0.400. The molecule has 0 heterocycles. The van der Waals surface area contributed by atoms with Crippen molar-refractivity contribution in [1.82, 2.24) is 0 Å². The molecule has 0 heteroatoms. The van der Waals surface area contributed by atoms with Crippen molar-refractivity contribution in [2.45, 2.75) is 53.4 Å². The molecule has 2 rings (SSSR count). The molecule has 0 nitrogen and oxygen atoms in total. The van der Waals surface area contributed by atoms with Gasteiger partial charge in [0.1, 0.15) is 0 Å². The molecule has 2 aromatic carbocycles. The summed E-state index contributed by atoms with van der Waals surface area (Å²) in [6.45, 7) is 13.4. The lowest BCUT2D eigenvalue weighted by molar-refractivity contribution is 0.834. The number of rotatable bonds is 3. The van der Waals surface area contributed by atoms with Crippen molar-refractivity contribution in [1.29, 1.82) is 0 Å². The van der Waals surface area contributed by atoms with Crippen LogP contribution in [0.2, 0.25) is 0 Å². The molecule has 20 heavy (non-hydrogen) atoms. The fourth-order valence-electron chi connectivity index (χ4n) is 2.65. The van der Waals surface area contributed by atoms with Gasteiger partial charge in [-0.15, -0.1) is 0 Å². The lowest BCUT2D eigenvalue weighted by Crippen LogP contribution is -1.95. The van der Waals surface area contributed by atoms with Gasteiger partial charge in [-0.2, -0.15) is 0 Å². The van der Waals surface area contributed by atoms with Crippen LogP contribution in [-0.2, 0) is 0 Å². The van der Waals surface area contributed by atoms with Crippen LogP contribution >= 0.6 is 0 Å². The zero-order valence-corrected chi connectivity index (χ0v) is 13.6. The Balaban J connectivity index is 2.60. The summed E-state index contributed by atoms with van der Waals surface area (Å²) in [6, 6.07) is 13.9. The molecule has 0 bridgehead atoms. The van der Waals surface area contributed by atoms with Gasteiger partial charge in [0.2, 0.25) is 0 Å². The Hall–Kier alpha value is -1.56. The van der Waals surface area contributed by atoms with Gasteiger partial charge in [0.25, 0.3) is 0 Å². The van der Waals surface area contributed by atoms with Crippen molar-refractivity contribution in [3.05, 3.63) is 58.7 Å². The molecule has 0 amide bonds. The molecule has 2 aromatic rings. The fourth-order valence-corrected chi connectivity index (χ4v) is 2.65. The molecule has 0 aliphatic carbocycles. The maximum Gasteiger partial charge on any atom is -0.0178 e. The first-order valence-corrected chi connectivity index (χ1v) is 7.60. The number of aryl methyl sites for hydroxylation is 2. The number of hydrogen-bond acceptors (Lipinski definition) is 0. The molecule has 0 atom stereocenters. The summed E-state index contributed by atoms with van der Waals surface area (Å²) in [5.41, 5.74) is 8.23. The maximum absolute atomic E-state index is 2.36. The topological polar surface area (TPSA) is 0 Å². The summed E-state index contributed by atoms with van der Waals surface area (Å²) in [4.78, 5) is 0. The van der Waals surface area contributed by atoms with E-state index in [0.29, 0.717) is 11.8 Å². The lowest BCUT2D eigenvalue weighted by Gasteiger charge is -2.15. The van der Waals surface area contributed by atoms with E-state index in [-0.39, 0.29) is 0 Å². The third kappa shape index (κ3) is 3.30. The SMILES string of the molecule is Cc1cc(C)cc(-c2cc(C(C)C)cc(C(C)C)c2)c1. The van der Waals surface area contributed by atoms with Crippen molar-refractivity contribution in [3.63, 3.8) is 0 Å². The minimum absolute atomic E-state index is 0.568. The van der Waals surface area contributed by atoms with Gasteiger partial charge in [0, 0.05) is 0 Å². The largest absolute Gasteiger partial charge is 0.0587 e. The van der Waals surface area contributed by atoms with Crippen LogP contribution in [0.25, 0.3) is 11.1 Å². The second-order valence-electron chi connectivity index (χ2n) is 6.57. The van der Waals surface area contributed by atoms with Crippen LogP contribution in [0.1, 0.15) is 61.8 Å². The van der Waals surface area contributed by atoms with Crippen LogP contribution in [0.3, 0.4) is 0 Å². The standard InChI is InChI=1S/C20H26/c1-13(2)17-10-18(14(3)4)12-20(11-17)19-8-15(5)7-16(6)9-19/h7-14H,1-6H3. The highest BCUT2D eigenvalue weighted by atomic mass is 14.1. The minimum atomic E-state index is 0.568. The zero-order chi connectivity index (χ0) is 14.9. The summed E-state index contributed by atoms with van der Waals surface area (Å²) in [5.74, 6) is 1.14. The Morgan fingerprint density at radius 1 is 0.550 bits per heavy atom. The molecule has 0 aliphatic rings. The summed E-state index contributed by atoms with van der Waals surface area (Å²) in [5, 5.41) is 0. The van der Waals surface area contributed by atoms with E-state index in [1.54, 1.807) is 0 Å². The lowest BCUT2D eigenvalue weighted by atomic mass is 9.90. The first-order chi connectivity index (χ1) is 9.36. The summed E-state index contributed by atoms with van der Waals surface area (Å²) in [7, 11) is 0. The van der Waals surface area contributed by atoms with Crippen LogP contribution in [-0.4, -0.2) is 0 Å². The van der Waals surface area contributed by atoms with E-state index in [1.165, 1.54) is 33.4 Å². The quantitative estimate of drug-likeness (QED) is 0.619.